The zero-order valence-electron chi connectivity index (χ0n) is 16.8. The second-order valence-corrected chi connectivity index (χ2v) is 7.97. The molecule has 0 fully saturated rings. The zero-order chi connectivity index (χ0) is 22.4. The van der Waals surface area contributed by atoms with Gasteiger partial charge in [0.15, 0.2) is 5.75 Å². The monoisotopic (exact) mass is 440 g/mol. The summed E-state index contributed by atoms with van der Waals surface area (Å²) in [6, 6.07) is 18.5. The van der Waals surface area contributed by atoms with E-state index in [0.29, 0.717) is 11.3 Å². The first-order chi connectivity index (χ1) is 14.8. The van der Waals surface area contributed by atoms with Gasteiger partial charge in [-0.3, -0.25) is 0 Å². The number of anilines is 2. The van der Waals surface area contributed by atoms with Gasteiger partial charge in [0.05, 0.1) is 7.11 Å². The van der Waals surface area contributed by atoms with Crippen molar-refractivity contribution < 1.29 is 26.9 Å². The summed E-state index contributed by atoms with van der Waals surface area (Å²) in [7, 11) is -3.07. The van der Waals surface area contributed by atoms with Gasteiger partial charge >= 0.3 is 22.1 Å². The summed E-state index contributed by atoms with van der Waals surface area (Å²) in [5.74, 6) is -1.05. The number of carbonyl (C=O) groups is 2. The summed E-state index contributed by atoms with van der Waals surface area (Å²) >= 11 is 0. The Morgan fingerprint density at radius 2 is 1.48 bits per heavy atom. The van der Waals surface area contributed by atoms with Crippen molar-refractivity contribution in [1.29, 1.82) is 0 Å². The highest BCUT2D eigenvalue weighted by atomic mass is 32.2. The molecule has 2 amide bonds. The van der Waals surface area contributed by atoms with Crippen molar-refractivity contribution in [3.05, 3.63) is 83.9 Å². The third-order valence-electron chi connectivity index (χ3n) is 4.24. The molecule has 3 aromatic rings. The van der Waals surface area contributed by atoms with Gasteiger partial charge in [-0.05, 0) is 42.8 Å². The van der Waals surface area contributed by atoms with E-state index in [0.717, 1.165) is 0 Å². The maximum atomic E-state index is 12.8. The minimum Gasteiger partial charge on any atom is -0.465 e. The van der Waals surface area contributed by atoms with E-state index < -0.39 is 22.1 Å². The third-order valence-corrected chi connectivity index (χ3v) is 5.63. The topological polar surface area (TPSA) is 111 Å². The number of ether oxygens (including phenoxy) is 1. The minimum absolute atomic E-state index is 0.0361. The Bertz CT molecular complexity index is 1210. The van der Waals surface area contributed by atoms with E-state index in [9.17, 15) is 18.0 Å². The Labute approximate surface area is 179 Å². The lowest BCUT2D eigenvalue weighted by Crippen LogP contribution is -2.20. The molecular formula is C22H20N2O6S. The number of urea groups is 1. The van der Waals surface area contributed by atoms with Crippen LogP contribution in [0.4, 0.5) is 16.2 Å². The molecule has 0 saturated carbocycles. The molecule has 2 N–H and O–H groups in total. The maximum Gasteiger partial charge on any atom is 0.341 e. The number of hydrogen-bond donors (Lipinski definition) is 2. The normalized spacial score (nSPS) is 10.8. The molecule has 3 rings (SSSR count). The molecule has 0 atom stereocenters. The van der Waals surface area contributed by atoms with Crippen LogP contribution in [0.25, 0.3) is 0 Å². The number of aryl methyl sites for hydroxylation is 1. The molecule has 160 valence electrons. The van der Waals surface area contributed by atoms with Crippen molar-refractivity contribution in [2.75, 3.05) is 17.7 Å². The summed E-state index contributed by atoms with van der Waals surface area (Å²) in [6.45, 7) is 1.63. The Hall–Kier alpha value is -3.85. The Morgan fingerprint density at radius 3 is 2.16 bits per heavy atom. The van der Waals surface area contributed by atoms with Gasteiger partial charge in [0.1, 0.15) is 10.5 Å². The zero-order valence-corrected chi connectivity index (χ0v) is 17.6. The summed E-state index contributed by atoms with van der Waals surface area (Å²) in [4.78, 5) is 24.3. The first-order valence-corrected chi connectivity index (χ1v) is 10.6. The second-order valence-electron chi connectivity index (χ2n) is 6.45. The van der Waals surface area contributed by atoms with Crippen molar-refractivity contribution in [3.8, 4) is 5.75 Å². The molecule has 0 aliphatic carbocycles. The molecule has 0 saturated heterocycles. The van der Waals surface area contributed by atoms with Gasteiger partial charge in [0.2, 0.25) is 0 Å². The molecule has 0 aromatic heterocycles. The van der Waals surface area contributed by atoms with E-state index in [1.807, 2.05) is 6.07 Å². The van der Waals surface area contributed by atoms with Crippen LogP contribution < -0.4 is 14.8 Å². The van der Waals surface area contributed by atoms with Crippen molar-refractivity contribution in [1.82, 2.24) is 0 Å². The van der Waals surface area contributed by atoms with Crippen LogP contribution >= 0.6 is 0 Å². The Morgan fingerprint density at radius 1 is 0.839 bits per heavy atom. The fourth-order valence-electron chi connectivity index (χ4n) is 2.76. The standard InChI is InChI=1S/C22H20N2O6S/c1-15-8-6-7-11-20(15)31(27,28)30-19-14-17(12-13-18(19)21(25)29-2)24-22(26)23-16-9-4-3-5-10-16/h3-14H,1-2H3,(H2,23,24,26). The molecule has 31 heavy (non-hydrogen) atoms. The molecule has 3 aromatic carbocycles. The molecule has 0 bridgehead atoms. The average Bonchev–Trinajstić information content (AvgIpc) is 2.74. The van der Waals surface area contributed by atoms with Crippen LogP contribution in [0.3, 0.4) is 0 Å². The van der Waals surface area contributed by atoms with E-state index in [1.165, 1.54) is 31.4 Å². The fourth-order valence-corrected chi connectivity index (χ4v) is 3.93. The molecule has 9 heteroatoms. The van der Waals surface area contributed by atoms with Crippen LogP contribution in [-0.2, 0) is 14.9 Å². The average molecular weight is 440 g/mol. The lowest BCUT2D eigenvalue weighted by molar-refractivity contribution is 0.0599. The second kappa shape index (κ2) is 9.31. The van der Waals surface area contributed by atoms with Crippen LogP contribution in [0, 0.1) is 6.92 Å². The van der Waals surface area contributed by atoms with Crippen LogP contribution in [0.1, 0.15) is 15.9 Å². The van der Waals surface area contributed by atoms with Crippen LogP contribution in [0.15, 0.2) is 77.7 Å². The number of methoxy groups -OCH3 is 1. The summed E-state index contributed by atoms with van der Waals surface area (Å²) in [6.07, 6.45) is 0. The highest BCUT2D eigenvalue weighted by Gasteiger charge is 2.23. The van der Waals surface area contributed by atoms with Crippen LogP contribution in [0.5, 0.6) is 5.75 Å². The Balaban J connectivity index is 1.89. The van der Waals surface area contributed by atoms with E-state index in [1.54, 1.807) is 49.4 Å². The van der Waals surface area contributed by atoms with E-state index >= 15 is 0 Å². The van der Waals surface area contributed by atoms with Gasteiger partial charge in [0.25, 0.3) is 0 Å². The van der Waals surface area contributed by atoms with Gasteiger partial charge in [-0.2, -0.15) is 8.42 Å². The van der Waals surface area contributed by atoms with Crippen LogP contribution in [-0.4, -0.2) is 27.5 Å². The van der Waals surface area contributed by atoms with Gasteiger partial charge in [0, 0.05) is 17.4 Å². The highest BCUT2D eigenvalue weighted by Crippen LogP contribution is 2.28. The molecule has 8 nitrogen and oxygen atoms in total. The number of rotatable bonds is 6. The Kier molecular flexibility index (Phi) is 6.56. The van der Waals surface area contributed by atoms with E-state index in [2.05, 4.69) is 10.6 Å². The minimum atomic E-state index is -4.24. The fraction of sp³-hybridized carbons (Fsp3) is 0.0909. The predicted molar refractivity (Wildman–Crippen MR) is 116 cm³/mol. The summed E-state index contributed by atoms with van der Waals surface area (Å²) in [5, 5.41) is 5.21. The maximum absolute atomic E-state index is 12.8. The SMILES string of the molecule is COC(=O)c1ccc(NC(=O)Nc2ccccc2)cc1OS(=O)(=O)c1ccccc1C. The van der Waals surface area contributed by atoms with Gasteiger partial charge in [-0.1, -0.05) is 36.4 Å². The van der Waals surface area contributed by atoms with Gasteiger partial charge in [-0.15, -0.1) is 0 Å². The van der Waals surface area contributed by atoms with Crippen molar-refractivity contribution in [3.63, 3.8) is 0 Å². The quantitative estimate of drug-likeness (QED) is 0.439. The first-order valence-electron chi connectivity index (χ1n) is 9.15. The first kappa shape index (κ1) is 21.8. The van der Waals surface area contributed by atoms with Crippen molar-refractivity contribution in [2.45, 2.75) is 11.8 Å². The lowest BCUT2D eigenvalue weighted by Gasteiger charge is -2.14. The molecular weight excluding hydrogens is 420 g/mol. The molecule has 0 aliphatic rings. The number of para-hydroxylation sites is 1. The summed E-state index contributed by atoms with van der Waals surface area (Å²) in [5.41, 5.74) is 1.17. The summed E-state index contributed by atoms with van der Waals surface area (Å²) < 4.78 is 35.5. The molecule has 0 heterocycles. The van der Waals surface area contributed by atoms with E-state index in [4.69, 9.17) is 8.92 Å². The van der Waals surface area contributed by atoms with Gasteiger partial charge < -0.3 is 19.6 Å². The van der Waals surface area contributed by atoms with Crippen molar-refractivity contribution in [2.24, 2.45) is 0 Å². The van der Waals surface area contributed by atoms with Crippen LogP contribution in [0.2, 0.25) is 0 Å². The molecule has 0 unspecified atom stereocenters. The molecule has 0 radical (unpaired) electrons. The number of nitrogens with one attached hydrogen (secondary N) is 2. The van der Waals surface area contributed by atoms with E-state index in [-0.39, 0.29) is 21.9 Å². The lowest BCUT2D eigenvalue weighted by atomic mass is 10.2. The number of carbonyl (C=O) groups excluding carboxylic acids is 2. The third kappa shape index (κ3) is 5.40. The number of hydrogen-bond acceptors (Lipinski definition) is 6. The number of esters is 1. The molecule has 0 aliphatic heterocycles. The largest absolute Gasteiger partial charge is 0.465 e. The smallest absolute Gasteiger partial charge is 0.341 e. The number of benzene rings is 3. The highest BCUT2D eigenvalue weighted by molar-refractivity contribution is 7.87. The molecule has 0 spiro atoms. The number of amides is 2. The predicted octanol–water partition coefficient (Wildman–Crippen LogP) is 4.19. The van der Waals surface area contributed by atoms with Gasteiger partial charge in [-0.25, -0.2) is 9.59 Å². The van der Waals surface area contributed by atoms with Crippen molar-refractivity contribution >= 4 is 33.5 Å².